The van der Waals surface area contributed by atoms with Crippen molar-refractivity contribution in [2.24, 2.45) is 0 Å². The Kier molecular flexibility index (Phi) is 4.43. The van der Waals surface area contributed by atoms with E-state index in [1.165, 1.54) is 0 Å². The molecule has 2 heterocycles. The first-order chi connectivity index (χ1) is 12.7. The zero-order chi connectivity index (χ0) is 17.9. The van der Waals surface area contributed by atoms with Gasteiger partial charge in [-0.05, 0) is 37.3 Å². The molecule has 3 aromatic rings. The van der Waals surface area contributed by atoms with Gasteiger partial charge in [-0.15, -0.1) is 5.10 Å². The van der Waals surface area contributed by atoms with Crippen LogP contribution in [0.15, 0.2) is 42.7 Å². The number of aryl methyl sites for hydroxylation is 2. The number of hydrogen-bond donors (Lipinski definition) is 1. The Bertz CT molecular complexity index is 921. The first-order valence-corrected chi connectivity index (χ1v) is 8.74. The Hall–Kier alpha value is -3.09. The van der Waals surface area contributed by atoms with Gasteiger partial charge in [-0.1, -0.05) is 35.5 Å². The predicted octanol–water partition coefficient (Wildman–Crippen LogP) is 1.71. The Morgan fingerprint density at radius 2 is 2.15 bits per heavy atom. The minimum Gasteiger partial charge on any atom is -0.348 e. The summed E-state index contributed by atoms with van der Waals surface area (Å²) >= 11 is 0. The van der Waals surface area contributed by atoms with E-state index in [9.17, 15) is 4.79 Å². The predicted molar refractivity (Wildman–Crippen MR) is 95.6 cm³/mol. The normalized spacial score (nSPS) is 16.1. The maximum absolute atomic E-state index is 12.5. The number of aromatic nitrogens is 5. The van der Waals surface area contributed by atoms with Crippen molar-refractivity contribution in [2.75, 3.05) is 0 Å². The van der Waals surface area contributed by atoms with Crippen LogP contribution in [0.5, 0.6) is 0 Å². The molecule has 0 bridgehead atoms. The van der Waals surface area contributed by atoms with Crippen molar-refractivity contribution in [2.45, 2.75) is 38.8 Å². The molecule has 1 aliphatic rings. The fourth-order valence-corrected chi connectivity index (χ4v) is 3.24. The summed E-state index contributed by atoms with van der Waals surface area (Å²) in [7, 11) is 0. The number of nitrogens with zero attached hydrogens (tertiary/aromatic N) is 5. The van der Waals surface area contributed by atoms with Crippen molar-refractivity contribution in [1.29, 1.82) is 0 Å². The zero-order valence-corrected chi connectivity index (χ0v) is 14.6. The van der Waals surface area contributed by atoms with E-state index in [1.54, 1.807) is 10.9 Å². The Morgan fingerprint density at radius 1 is 1.31 bits per heavy atom. The van der Waals surface area contributed by atoms with Crippen molar-refractivity contribution in [1.82, 2.24) is 30.3 Å². The molecular formula is C19H20N6O. The van der Waals surface area contributed by atoms with Crippen molar-refractivity contribution >= 4 is 5.91 Å². The van der Waals surface area contributed by atoms with E-state index in [-0.39, 0.29) is 11.9 Å². The molecule has 1 amide bonds. The molecule has 0 saturated heterocycles. The van der Waals surface area contributed by atoms with E-state index >= 15 is 0 Å². The molecule has 0 saturated carbocycles. The van der Waals surface area contributed by atoms with E-state index in [1.807, 2.05) is 43.5 Å². The number of rotatable bonds is 4. The SMILES string of the molecule is Cc1ncc2c(n1)CC[C@@H](NC(=O)c1cn(Cc3ccccc3)nn1)C2. The number of carbonyl (C=O) groups is 1. The van der Waals surface area contributed by atoms with Crippen LogP contribution in [0.25, 0.3) is 0 Å². The summed E-state index contributed by atoms with van der Waals surface area (Å²) < 4.78 is 1.68. The van der Waals surface area contributed by atoms with Crippen LogP contribution in [0.1, 0.15) is 39.6 Å². The lowest BCUT2D eigenvalue weighted by Crippen LogP contribution is -2.39. The van der Waals surface area contributed by atoms with Crippen LogP contribution >= 0.6 is 0 Å². The highest BCUT2D eigenvalue weighted by Crippen LogP contribution is 2.19. The van der Waals surface area contributed by atoms with Gasteiger partial charge < -0.3 is 5.32 Å². The van der Waals surface area contributed by atoms with Crippen LogP contribution in [0.2, 0.25) is 0 Å². The summed E-state index contributed by atoms with van der Waals surface area (Å²) in [5.41, 5.74) is 3.66. The highest BCUT2D eigenvalue weighted by atomic mass is 16.2. The molecule has 0 aliphatic heterocycles. The van der Waals surface area contributed by atoms with E-state index < -0.39 is 0 Å². The second-order valence-corrected chi connectivity index (χ2v) is 6.59. The smallest absolute Gasteiger partial charge is 0.273 e. The molecule has 7 heteroatoms. The number of amides is 1. The maximum Gasteiger partial charge on any atom is 0.273 e. The van der Waals surface area contributed by atoms with Gasteiger partial charge >= 0.3 is 0 Å². The van der Waals surface area contributed by atoms with Crippen LogP contribution in [0.4, 0.5) is 0 Å². The van der Waals surface area contributed by atoms with Crippen molar-refractivity contribution in [3.63, 3.8) is 0 Å². The minimum absolute atomic E-state index is 0.0700. The largest absolute Gasteiger partial charge is 0.348 e. The highest BCUT2D eigenvalue weighted by Gasteiger charge is 2.23. The van der Waals surface area contributed by atoms with Crippen molar-refractivity contribution in [3.8, 4) is 0 Å². The lowest BCUT2D eigenvalue weighted by atomic mass is 9.92. The third kappa shape index (κ3) is 3.61. The average molecular weight is 348 g/mol. The summed E-state index contributed by atoms with van der Waals surface area (Å²) in [6.07, 6.45) is 6.02. The summed E-state index contributed by atoms with van der Waals surface area (Å²) in [5.74, 6) is 0.604. The van der Waals surface area contributed by atoms with Gasteiger partial charge in [0.25, 0.3) is 5.91 Å². The molecule has 0 fully saturated rings. The molecule has 0 radical (unpaired) electrons. The topological polar surface area (TPSA) is 85.6 Å². The molecule has 26 heavy (non-hydrogen) atoms. The summed E-state index contributed by atoms with van der Waals surface area (Å²) in [4.78, 5) is 21.2. The van der Waals surface area contributed by atoms with E-state index in [4.69, 9.17) is 0 Å². The molecule has 1 aromatic carbocycles. The molecule has 1 atom stereocenters. The number of carbonyl (C=O) groups excluding carboxylic acids is 1. The average Bonchev–Trinajstić information content (AvgIpc) is 3.11. The van der Waals surface area contributed by atoms with E-state index in [0.29, 0.717) is 12.2 Å². The molecule has 7 nitrogen and oxygen atoms in total. The molecule has 132 valence electrons. The maximum atomic E-state index is 12.5. The van der Waals surface area contributed by atoms with Gasteiger partial charge in [0.1, 0.15) is 5.82 Å². The summed E-state index contributed by atoms with van der Waals surface area (Å²) in [5, 5.41) is 11.1. The number of fused-ring (bicyclic) bond motifs is 1. The monoisotopic (exact) mass is 348 g/mol. The van der Waals surface area contributed by atoms with Gasteiger partial charge in [-0.3, -0.25) is 4.79 Å². The fraction of sp³-hybridized carbons (Fsp3) is 0.316. The number of benzene rings is 1. The van der Waals surface area contributed by atoms with Crippen LogP contribution in [0.3, 0.4) is 0 Å². The van der Waals surface area contributed by atoms with Crippen LogP contribution < -0.4 is 5.32 Å². The van der Waals surface area contributed by atoms with Gasteiger partial charge in [0.05, 0.1) is 12.7 Å². The van der Waals surface area contributed by atoms with Crippen LogP contribution in [-0.4, -0.2) is 36.9 Å². The molecule has 1 aliphatic carbocycles. The van der Waals surface area contributed by atoms with Crippen LogP contribution in [0, 0.1) is 6.92 Å². The zero-order valence-electron chi connectivity index (χ0n) is 14.6. The molecule has 4 rings (SSSR count). The Labute approximate surface area is 151 Å². The van der Waals surface area contributed by atoms with Crippen molar-refractivity contribution < 1.29 is 4.79 Å². The molecule has 0 unspecified atom stereocenters. The third-order valence-electron chi connectivity index (χ3n) is 4.56. The van der Waals surface area contributed by atoms with Gasteiger partial charge in [-0.25, -0.2) is 14.6 Å². The fourth-order valence-electron chi connectivity index (χ4n) is 3.24. The lowest BCUT2D eigenvalue weighted by molar-refractivity contribution is 0.0928. The minimum atomic E-state index is -0.189. The second-order valence-electron chi connectivity index (χ2n) is 6.59. The van der Waals surface area contributed by atoms with Crippen molar-refractivity contribution in [3.05, 3.63) is 71.1 Å². The van der Waals surface area contributed by atoms with Gasteiger partial charge in [0.15, 0.2) is 5.69 Å². The summed E-state index contributed by atoms with van der Waals surface area (Å²) in [6.45, 7) is 2.49. The first-order valence-electron chi connectivity index (χ1n) is 8.74. The van der Waals surface area contributed by atoms with Crippen LogP contribution in [-0.2, 0) is 19.4 Å². The summed E-state index contributed by atoms with van der Waals surface area (Å²) in [6, 6.07) is 10.0. The van der Waals surface area contributed by atoms with Gasteiger partial charge in [0, 0.05) is 17.9 Å². The standard InChI is InChI=1S/C19H20N6O/c1-13-20-10-15-9-16(7-8-17(15)21-13)22-19(26)18-12-25(24-23-18)11-14-5-3-2-4-6-14/h2-6,10,12,16H,7-9,11H2,1H3,(H,22,26)/t16-/m1/s1. The Morgan fingerprint density at radius 3 is 3.00 bits per heavy atom. The number of hydrogen-bond acceptors (Lipinski definition) is 5. The lowest BCUT2D eigenvalue weighted by Gasteiger charge is -2.24. The molecule has 0 spiro atoms. The van der Waals surface area contributed by atoms with E-state index in [0.717, 1.165) is 41.9 Å². The molecule has 1 N–H and O–H groups in total. The first kappa shape index (κ1) is 16.4. The molecule has 2 aromatic heterocycles. The highest BCUT2D eigenvalue weighted by molar-refractivity contribution is 5.92. The third-order valence-corrected chi connectivity index (χ3v) is 4.56. The number of nitrogens with one attached hydrogen (secondary N) is 1. The van der Waals surface area contributed by atoms with Gasteiger partial charge in [-0.2, -0.15) is 0 Å². The Balaban J connectivity index is 1.39. The van der Waals surface area contributed by atoms with Gasteiger partial charge in [0.2, 0.25) is 0 Å². The van der Waals surface area contributed by atoms with E-state index in [2.05, 4.69) is 25.6 Å². The quantitative estimate of drug-likeness (QED) is 0.776. The molecular weight excluding hydrogens is 328 g/mol. The second kappa shape index (κ2) is 7.03.